The molecule has 2 aromatic carbocycles. The smallest absolute Gasteiger partial charge is 0.339 e. The highest BCUT2D eigenvalue weighted by Crippen LogP contribution is 2.38. The van der Waals surface area contributed by atoms with Crippen LogP contribution in [0.5, 0.6) is 0 Å². The zero-order chi connectivity index (χ0) is 24.9. The number of rotatable bonds is 7. The molecule has 4 rings (SSSR count). The number of hydrogen-bond donors (Lipinski definition) is 2. The number of carboxylic acids is 1. The topological polar surface area (TPSA) is 86.7 Å². The number of anilines is 1. The summed E-state index contributed by atoms with van der Waals surface area (Å²) in [5.74, 6) is -1.85. The molecule has 0 radical (unpaired) electrons. The van der Waals surface area contributed by atoms with Crippen LogP contribution < -0.4 is 5.32 Å². The predicted octanol–water partition coefficient (Wildman–Crippen LogP) is 5.83. The Morgan fingerprint density at radius 2 is 1.86 bits per heavy atom. The summed E-state index contributed by atoms with van der Waals surface area (Å²) in [5, 5.41) is 13.7. The van der Waals surface area contributed by atoms with Gasteiger partial charge in [0.2, 0.25) is 11.8 Å². The van der Waals surface area contributed by atoms with Gasteiger partial charge in [0, 0.05) is 22.5 Å². The van der Waals surface area contributed by atoms with Crippen LogP contribution in [0.2, 0.25) is 5.02 Å². The van der Waals surface area contributed by atoms with Crippen molar-refractivity contribution >= 4 is 51.8 Å². The van der Waals surface area contributed by atoms with Crippen molar-refractivity contribution in [3.63, 3.8) is 0 Å². The molecule has 1 atom stereocenters. The predicted molar refractivity (Wildman–Crippen MR) is 139 cm³/mol. The lowest BCUT2D eigenvalue weighted by molar-refractivity contribution is -0.126. The van der Waals surface area contributed by atoms with Gasteiger partial charge in [-0.15, -0.1) is 11.3 Å². The van der Waals surface area contributed by atoms with Gasteiger partial charge in [0.25, 0.3) is 0 Å². The zero-order valence-electron chi connectivity index (χ0n) is 19.2. The lowest BCUT2D eigenvalue weighted by atomic mass is 9.95. The second kappa shape index (κ2) is 10.9. The van der Waals surface area contributed by atoms with Gasteiger partial charge >= 0.3 is 5.97 Å². The first-order valence-corrected chi connectivity index (χ1v) is 12.5. The average molecular weight is 509 g/mol. The normalized spacial score (nSPS) is 13.9. The highest BCUT2D eigenvalue weighted by molar-refractivity contribution is 7.17. The van der Waals surface area contributed by atoms with Gasteiger partial charge in [-0.3, -0.25) is 9.59 Å². The van der Waals surface area contributed by atoms with Crippen molar-refractivity contribution in [3.05, 3.63) is 92.8 Å². The first-order valence-electron chi connectivity index (χ1n) is 11.3. The molecule has 0 aliphatic carbocycles. The van der Waals surface area contributed by atoms with Crippen molar-refractivity contribution < 1.29 is 19.5 Å². The van der Waals surface area contributed by atoms with E-state index in [1.807, 2.05) is 49.4 Å². The van der Waals surface area contributed by atoms with Crippen LogP contribution in [0.1, 0.15) is 51.2 Å². The third kappa shape index (κ3) is 5.63. The number of carbonyl (C=O) groups is 3. The molecule has 1 aliphatic heterocycles. The Morgan fingerprint density at radius 1 is 1.14 bits per heavy atom. The maximum atomic E-state index is 13.1. The number of aromatic carboxylic acids is 1. The molecule has 3 aromatic rings. The van der Waals surface area contributed by atoms with Crippen LogP contribution in [-0.2, 0) is 22.6 Å². The lowest BCUT2D eigenvalue weighted by Gasteiger charge is -2.26. The van der Waals surface area contributed by atoms with Crippen molar-refractivity contribution in [2.24, 2.45) is 0 Å². The van der Waals surface area contributed by atoms with Crippen molar-refractivity contribution in [2.75, 3.05) is 11.9 Å². The van der Waals surface area contributed by atoms with E-state index in [1.165, 1.54) is 17.4 Å². The standard InChI is InChI=1S/C27H25ClN2O4S/c1-2-20(18-6-4-3-5-7-18)25(32)29-26-24(27(33)34)21-14-15-30(16-22(21)35-26)23(31)13-10-17-8-11-19(28)12-9-17/h3-13,20H,2,14-16H2,1H3,(H,29,32)(H,33,34)/b13-10+. The number of benzene rings is 2. The number of carboxylic acid groups (broad SMARTS) is 1. The quantitative estimate of drug-likeness (QED) is 0.393. The van der Waals surface area contributed by atoms with Crippen LogP contribution in [0.3, 0.4) is 0 Å². The van der Waals surface area contributed by atoms with E-state index in [9.17, 15) is 19.5 Å². The van der Waals surface area contributed by atoms with E-state index >= 15 is 0 Å². The minimum absolute atomic E-state index is 0.130. The maximum Gasteiger partial charge on any atom is 0.339 e. The maximum absolute atomic E-state index is 13.1. The highest BCUT2D eigenvalue weighted by Gasteiger charge is 2.30. The number of halogens is 1. The van der Waals surface area contributed by atoms with Gasteiger partial charge in [0.05, 0.1) is 18.0 Å². The SMILES string of the molecule is CCC(C(=O)Nc1sc2c(c1C(=O)O)CCN(C(=O)/C=C/c1ccc(Cl)cc1)C2)c1ccccc1. The number of thiophene rings is 1. The van der Waals surface area contributed by atoms with Crippen LogP contribution in [0, 0.1) is 0 Å². The van der Waals surface area contributed by atoms with E-state index in [0.717, 1.165) is 16.0 Å². The van der Waals surface area contributed by atoms with Crippen LogP contribution in [0.25, 0.3) is 6.08 Å². The Hall–Kier alpha value is -3.42. The fourth-order valence-corrected chi connectivity index (χ4v) is 5.59. The Labute approximate surface area is 212 Å². The van der Waals surface area contributed by atoms with E-state index < -0.39 is 5.97 Å². The molecule has 8 heteroatoms. The molecule has 0 spiro atoms. The number of carbonyl (C=O) groups excluding carboxylic acids is 2. The van der Waals surface area contributed by atoms with E-state index in [4.69, 9.17) is 11.6 Å². The monoisotopic (exact) mass is 508 g/mol. The third-order valence-corrected chi connectivity index (χ3v) is 7.42. The molecule has 2 N–H and O–H groups in total. The molecule has 0 bridgehead atoms. The van der Waals surface area contributed by atoms with E-state index in [-0.39, 0.29) is 23.3 Å². The number of amides is 2. The molecule has 1 aromatic heterocycles. The average Bonchev–Trinajstić information content (AvgIpc) is 3.21. The van der Waals surface area contributed by atoms with E-state index in [0.29, 0.717) is 41.5 Å². The van der Waals surface area contributed by atoms with Crippen LogP contribution in [0.4, 0.5) is 5.00 Å². The Morgan fingerprint density at radius 3 is 2.51 bits per heavy atom. The largest absolute Gasteiger partial charge is 0.478 e. The molecule has 1 aliphatic rings. The molecule has 0 fully saturated rings. The van der Waals surface area contributed by atoms with Crippen LogP contribution in [0.15, 0.2) is 60.7 Å². The summed E-state index contributed by atoms with van der Waals surface area (Å²) in [7, 11) is 0. The van der Waals surface area contributed by atoms with Gasteiger partial charge in [0.1, 0.15) is 5.00 Å². The first-order chi connectivity index (χ1) is 16.9. The Balaban J connectivity index is 1.52. The second-order valence-corrected chi connectivity index (χ2v) is 9.81. The molecule has 0 saturated carbocycles. The molecule has 2 amide bonds. The second-order valence-electron chi connectivity index (χ2n) is 8.27. The van der Waals surface area contributed by atoms with Crippen molar-refractivity contribution in [1.29, 1.82) is 0 Å². The third-order valence-electron chi connectivity index (χ3n) is 6.03. The number of hydrogen-bond acceptors (Lipinski definition) is 4. The van der Waals surface area contributed by atoms with Gasteiger partial charge < -0.3 is 15.3 Å². The number of fused-ring (bicyclic) bond motifs is 1. The summed E-state index contributed by atoms with van der Waals surface area (Å²) in [4.78, 5) is 40.4. The number of nitrogens with one attached hydrogen (secondary N) is 1. The lowest BCUT2D eigenvalue weighted by Crippen LogP contribution is -2.34. The van der Waals surface area contributed by atoms with Gasteiger partial charge in [-0.25, -0.2) is 4.79 Å². The van der Waals surface area contributed by atoms with Gasteiger partial charge in [-0.2, -0.15) is 0 Å². The molecule has 1 unspecified atom stereocenters. The molecular weight excluding hydrogens is 484 g/mol. The summed E-state index contributed by atoms with van der Waals surface area (Å²) < 4.78 is 0. The summed E-state index contributed by atoms with van der Waals surface area (Å²) in [5.41, 5.74) is 2.56. The minimum atomic E-state index is -1.08. The molecule has 0 saturated heterocycles. The molecular formula is C27H25ClN2O4S. The van der Waals surface area contributed by atoms with Crippen LogP contribution >= 0.6 is 22.9 Å². The number of nitrogens with zero attached hydrogens (tertiary/aromatic N) is 1. The molecule has 6 nitrogen and oxygen atoms in total. The summed E-state index contributed by atoms with van der Waals surface area (Å²) in [6.45, 7) is 2.63. The summed E-state index contributed by atoms with van der Waals surface area (Å²) >= 11 is 7.14. The molecule has 180 valence electrons. The van der Waals surface area contributed by atoms with Crippen molar-refractivity contribution in [3.8, 4) is 0 Å². The van der Waals surface area contributed by atoms with E-state index in [1.54, 1.807) is 23.1 Å². The Kier molecular flexibility index (Phi) is 7.68. The minimum Gasteiger partial charge on any atom is -0.478 e. The molecule has 35 heavy (non-hydrogen) atoms. The summed E-state index contributed by atoms with van der Waals surface area (Å²) in [6.07, 6.45) is 4.24. The Bertz CT molecular complexity index is 1270. The zero-order valence-corrected chi connectivity index (χ0v) is 20.7. The van der Waals surface area contributed by atoms with Crippen molar-refractivity contribution in [1.82, 2.24) is 4.90 Å². The van der Waals surface area contributed by atoms with E-state index in [2.05, 4.69) is 5.32 Å². The molecule has 2 heterocycles. The van der Waals surface area contributed by atoms with Gasteiger partial charge in [-0.05, 0) is 47.7 Å². The fourth-order valence-electron chi connectivity index (χ4n) is 4.21. The first kappa shape index (κ1) is 24.7. The van der Waals surface area contributed by atoms with Crippen molar-refractivity contribution in [2.45, 2.75) is 32.2 Å². The van der Waals surface area contributed by atoms with Gasteiger partial charge in [-0.1, -0.05) is 61.0 Å². The highest BCUT2D eigenvalue weighted by atomic mass is 35.5. The van der Waals surface area contributed by atoms with Crippen LogP contribution in [-0.4, -0.2) is 34.3 Å². The summed E-state index contributed by atoms with van der Waals surface area (Å²) in [6, 6.07) is 16.6. The van der Waals surface area contributed by atoms with Gasteiger partial charge in [0.15, 0.2) is 0 Å². The fraction of sp³-hybridized carbons (Fsp3) is 0.222.